The van der Waals surface area contributed by atoms with Gasteiger partial charge in [0.15, 0.2) is 0 Å². The second-order valence-corrected chi connectivity index (χ2v) is 4.79. The molecule has 1 N–H and O–H groups in total. The highest BCUT2D eigenvalue weighted by Crippen LogP contribution is 2.36. The molecule has 0 radical (unpaired) electrons. The number of hydrogen-bond acceptors (Lipinski definition) is 3. The fraction of sp³-hybridized carbons (Fsp3) is 0.429. The molecule has 1 aromatic heterocycles. The highest BCUT2D eigenvalue weighted by Gasteiger charge is 2.21. The average molecular weight is 244 g/mol. The molecule has 0 aliphatic heterocycles. The molecule has 1 aromatic carbocycles. The van der Waals surface area contributed by atoms with Crippen LogP contribution in [0.5, 0.6) is 5.75 Å². The number of aromatic nitrogens is 2. The van der Waals surface area contributed by atoms with E-state index in [0.717, 1.165) is 23.9 Å². The zero-order chi connectivity index (χ0) is 12.5. The molecule has 4 heteroatoms. The Morgan fingerprint density at radius 3 is 2.83 bits per heavy atom. The molecule has 0 atom stereocenters. The first-order valence-electron chi connectivity index (χ1n) is 6.36. The van der Waals surface area contributed by atoms with Crippen LogP contribution >= 0.6 is 0 Å². The van der Waals surface area contributed by atoms with Gasteiger partial charge in [-0.3, -0.25) is 0 Å². The van der Waals surface area contributed by atoms with E-state index in [1.165, 1.54) is 12.8 Å². The molecule has 0 spiro atoms. The molecule has 1 heterocycles. The Labute approximate surface area is 105 Å². The lowest BCUT2D eigenvalue weighted by molar-refractivity contribution is 0.418. The highest BCUT2D eigenvalue weighted by atomic mass is 16.5. The summed E-state index contributed by atoms with van der Waals surface area (Å²) in [6.45, 7) is 0. The fourth-order valence-electron chi connectivity index (χ4n) is 2.87. The van der Waals surface area contributed by atoms with Crippen molar-refractivity contribution in [3.05, 3.63) is 34.4 Å². The lowest BCUT2D eigenvalue weighted by Gasteiger charge is -2.13. The van der Waals surface area contributed by atoms with E-state index in [1.54, 1.807) is 7.11 Å². The number of nitrogens with one attached hydrogen (secondary N) is 1. The van der Waals surface area contributed by atoms with E-state index < -0.39 is 0 Å². The minimum atomic E-state index is -0.283. The number of H-pyrrole nitrogens is 1. The highest BCUT2D eigenvalue weighted by molar-refractivity contribution is 5.86. The summed E-state index contributed by atoms with van der Waals surface area (Å²) in [5, 5.41) is 1.01. The quantitative estimate of drug-likeness (QED) is 0.883. The van der Waals surface area contributed by atoms with E-state index >= 15 is 0 Å². The van der Waals surface area contributed by atoms with E-state index in [4.69, 9.17) is 4.74 Å². The van der Waals surface area contributed by atoms with Crippen LogP contribution in [0.4, 0.5) is 0 Å². The Morgan fingerprint density at radius 1 is 1.33 bits per heavy atom. The molecule has 1 aliphatic carbocycles. The second-order valence-electron chi connectivity index (χ2n) is 4.79. The van der Waals surface area contributed by atoms with Crippen LogP contribution < -0.4 is 10.4 Å². The summed E-state index contributed by atoms with van der Waals surface area (Å²) in [5.41, 5.74) is 1.42. The number of methoxy groups -OCH3 is 1. The molecule has 1 fully saturated rings. The number of benzene rings is 1. The van der Waals surface area contributed by atoms with E-state index in [0.29, 0.717) is 17.2 Å². The van der Waals surface area contributed by atoms with Gasteiger partial charge >= 0.3 is 5.69 Å². The largest absolute Gasteiger partial charge is 0.494 e. The van der Waals surface area contributed by atoms with E-state index in [9.17, 15) is 4.79 Å². The molecule has 18 heavy (non-hydrogen) atoms. The first kappa shape index (κ1) is 11.3. The molecule has 0 bridgehead atoms. The van der Waals surface area contributed by atoms with Crippen LogP contribution in [0.2, 0.25) is 0 Å². The molecule has 4 nitrogen and oxygen atoms in total. The van der Waals surface area contributed by atoms with E-state index in [1.807, 2.05) is 18.2 Å². The van der Waals surface area contributed by atoms with Gasteiger partial charge in [-0.05, 0) is 24.8 Å². The smallest absolute Gasteiger partial charge is 0.345 e. The standard InChI is InChI=1S/C14H16N2O2/c1-18-11-8-4-7-10-12(9-5-2-3-6-9)15-14(17)16-13(10)11/h4,7-9H,2-3,5-6H2,1H3,(H,15,16,17). The number of ether oxygens (including phenoxy) is 1. The maximum Gasteiger partial charge on any atom is 0.345 e. The Kier molecular flexibility index (Phi) is 2.78. The van der Waals surface area contributed by atoms with Crippen LogP contribution in [0.3, 0.4) is 0 Å². The lowest BCUT2D eigenvalue weighted by atomic mass is 9.99. The van der Waals surface area contributed by atoms with Crippen LogP contribution in [0, 0.1) is 0 Å². The van der Waals surface area contributed by atoms with Crippen molar-refractivity contribution in [2.24, 2.45) is 0 Å². The lowest BCUT2D eigenvalue weighted by Crippen LogP contribution is -2.15. The predicted octanol–water partition coefficient (Wildman–Crippen LogP) is 2.59. The van der Waals surface area contributed by atoms with Crippen LogP contribution in [-0.4, -0.2) is 17.1 Å². The zero-order valence-corrected chi connectivity index (χ0v) is 10.4. The van der Waals surface area contributed by atoms with Crippen LogP contribution in [0.15, 0.2) is 23.0 Å². The minimum absolute atomic E-state index is 0.283. The minimum Gasteiger partial charge on any atom is -0.494 e. The van der Waals surface area contributed by atoms with Crippen molar-refractivity contribution in [2.45, 2.75) is 31.6 Å². The van der Waals surface area contributed by atoms with Crippen molar-refractivity contribution >= 4 is 10.9 Å². The number of nitrogens with zero attached hydrogens (tertiary/aromatic N) is 1. The van der Waals surface area contributed by atoms with Crippen LogP contribution in [0.25, 0.3) is 10.9 Å². The summed E-state index contributed by atoms with van der Waals surface area (Å²) < 4.78 is 5.28. The summed E-state index contributed by atoms with van der Waals surface area (Å²) in [5.74, 6) is 1.12. The third kappa shape index (κ3) is 1.78. The maximum absolute atomic E-state index is 11.7. The van der Waals surface area contributed by atoms with Gasteiger partial charge < -0.3 is 9.72 Å². The normalized spacial score (nSPS) is 16.3. The molecule has 0 unspecified atom stereocenters. The first-order valence-corrected chi connectivity index (χ1v) is 6.36. The Balaban J connectivity index is 2.27. The van der Waals surface area contributed by atoms with Crippen molar-refractivity contribution in [2.75, 3.05) is 7.11 Å². The maximum atomic E-state index is 11.7. The zero-order valence-electron chi connectivity index (χ0n) is 10.4. The van der Waals surface area contributed by atoms with Crippen LogP contribution in [0.1, 0.15) is 37.3 Å². The molecule has 2 aromatic rings. The summed E-state index contributed by atoms with van der Waals surface area (Å²) in [7, 11) is 1.60. The first-order chi connectivity index (χ1) is 8.79. The monoisotopic (exact) mass is 244 g/mol. The third-order valence-electron chi connectivity index (χ3n) is 3.73. The fourth-order valence-corrected chi connectivity index (χ4v) is 2.87. The molecule has 3 rings (SSSR count). The number of fused-ring (bicyclic) bond motifs is 1. The summed E-state index contributed by atoms with van der Waals surface area (Å²) in [4.78, 5) is 18.7. The number of hydrogen-bond donors (Lipinski definition) is 1. The molecular formula is C14H16N2O2. The summed E-state index contributed by atoms with van der Waals surface area (Å²) >= 11 is 0. The van der Waals surface area contributed by atoms with Gasteiger partial charge in [0.1, 0.15) is 11.3 Å². The molecule has 1 aliphatic rings. The molecule has 0 saturated heterocycles. The number of rotatable bonds is 2. The van der Waals surface area contributed by atoms with Crippen molar-refractivity contribution in [1.29, 1.82) is 0 Å². The number of aromatic amines is 1. The molecular weight excluding hydrogens is 228 g/mol. The molecule has 94 valence electrons. The Bertz CT molecular complexity index is 627. The van der Waals surface area contributed by atoms with Crippen molar-refractivity contribution in [3.63, 3.8) is 0 Å². The van der Waals surface area contributed by atoms with Crippen LogP contribution in [-0.2, 0) is 0 Å². The average Bonchev–Trinajstić information content (AvgIpc) is 2.90. The number of para-hydroxylation sites is 1. The van der Waals surface area contributed by atoms with Gasteiger partial charge in [0.25, 0.3) is 0 Å². The van der Waals surface area contributed by atoms with E-state index in [-0.39, 0.29) is 5.69 Å². The SMILES string of the molecule is COc1cccc2c(C3CCCC3)[nH]c(=O)nc12. The summed E-state index contributed by atoms with van der Waals surface area (Å²) in [6, 6.07) is 5.79. The topological polar surface area (TPSA) is 55.0 Å². The van der Waals surface area contributed by atoms with Gasteiger partial charge in [0.05, 0.1) is 7.11 Å². The molecule has 1 saturated carbocycles. The molecule has 0 amide bonds. The van der Waals surface area contributed by atoms with Gasteiger partial charge in [-0.2, -0.15) is 4.98 Å². The van der Waals surface area contributed by atoms with Crippen molar-refractivity contribution in [3.8, 4) is 5.75 Å². The van der Waals surface area contributed by atoms with E-state index in [2.05, 4.69) is 9.97 Å². The Hall–Kier alpha value is -1.84. The van der Waals surface area contributed by atoms with Gasteiger partial charge in [-0.1, -0.05) is 25.0 Å². The van der Waals surface area contributed by atoms with Crippen molar-refractivity contribution < 1.29 is 4.74 Å². The summed E-state index contributed by atoms with van der Waals surface area (Å²) in [6.07, 6.45) is 4.76. The second kappa shape index (κ2) is 4.44. The predicted molar refractivity (Wildman–Crippen MR) is 70.1 cm³/mol. The van der Waals surface area contributed by atoms with Crippen molar-refractivity contribution in [1.82, 2.24) is 9.97 Å². The van der Waals surface area contributed by atoms with Gasteiger partial charge in [0.2, 0.25) is 0 Å². The Morgan fingerprint density at radius 2 is 2.11 bits per heavy atom. The van der Waals surface area contributed by atoms with Gasteiger partial charge in [-0.25, -0.2) is 4.79 Å². The van der Waals surface area contributed by atoms with Gasteiger partial charge in [0, 0.05) is 11.1 Å². The third-order valence-corrected chi connectivity index (χ3v) is 3.73. The van der Waals surface area contributed by atoms with Gasteiger partial charge in [-0.15, -0.1) is 0 Å².